The second-order valence-corrected chi connectivity index (χ2v) is 9.13. The molecule has 0 fully saturated rings. The number of rotatable bonds is 8. The van der Waals surface area contributed by atoms with Crippen LogP contribution in [0.2, 0.25) is 0 Å². The molecule has 0 spiro atoms. The van der Waals surface area contributed by atoms with Gasteiger partial charge in [0.1, 0.15) is 11.8 Å². The van der Waals surface area contributed by atoms with Gasteiger partial charge in [-0.25, -0.2) is 8.42 Å². The molecule has 0 heterocycles. The maximum absolute atomic E-state index is 13.0. The number of aryl methyl sites for hydroxylation is 2. The van der Waals surface area contributed by atoms with E-state index in [1.807, 2.05) is 51.1 Å². The van der Waals surface area contributed by atoms with E-state index in [1.165, 1.54) is 0 Å². The van der Waals surface area contributed by atoms with Gasteiger partial charge < -0.3 is 10.1 Å². The number of carbonyl (C=O) groups excluding carboxylic acids is 1. The highest BCUT2D eigenvalue weighted by atomic mass is 32.2. The van der Waals surface area contributed by atoms with Crippen LogP contribution in [0.3, 0.4) is 0 Å². The van der Waals surface area contributed by atoms with E-state index in [9.17, 15) is 13.2 Å². The highest BCUT2D eigenvalue weighted by molar-refractivity contribution is 7.92. The topological polar surface area (TPSA) is 75.7 Å². The number of amides is 1. The molecular weight excluding hydrogens is 388 g/mol. The van der Waals surface area contributed by atoms with Crippen LogP contribution in [0.15, 0.2) is 42.5 Å². The van der Waals surface area contributed by atoms with Crippen molar-refractivity contribution in [2.24, 2.45) is 0 Å². The number of methoxy groups -OCH3 is 1. The number of benzene rings is 2. The van der Waals surface area contributed by atoms with E-state index >= 15 is 0 Å². The summed E-state index contributed by atoms with van der Waals surface area (Å²) in [4.78, 5) is 13.0. The Labute approximate surface area is 173 Å². The van der Waals surface area contributed by atoms with Crippen molar-refractivity contribution in [3.8, 4) is 5.75 Å². The molecular formula is C22H30N2O4S. The van der Waals surface area contributed by atoms with E-state index in [4.69, 9.17) is 4.74 Å². The largest absolute Gasteiger partial charge is 0.496 e. The molecule has 0 bridgehead atoms. The zero-order valence-electron chi connectivity index (χ0n) is 17.9. The lowest BCUT2D eigenvalue weighted by Gasteiger charge is -2.30. The molecule has 2 aromatic rings. The van der Waals surface area contributed by atoms with Gasteiger partial charge in [-0.15, -0.1) is 0 Å². The average molecular weight is 419 g/mol. The molecule has 0 aliphatic heterocycles. The Morgan fingerprint density at radius 2 is 1.76 bits per heavy atom. The number of sulfonamides is 1. The van der Waals surface area contributed by atoms with E-state index in [2.05, 4.69) is 5.32 Å². The second-order valence-electron chi connectivity index (χ2n) is 7.27. The first-order valence-corrected chi connectivity index (χ1v) is 11.4. The lowest BCUT2D eigenvalue weighted by atomic mass is 10.0. The molecule has 1 amide bonds. The Hall–Kier alpha value is -2.54. The Morgan fingerprint density at radius 3 is 2.24 bits per heavy atom. The maximum atomic E-state index is 13.0. The van der Waals surface area contributed by atoms with Crippen LogP contribution in [0.25, 0.3) is 0 Å². The fourth-order valence-electron chi connectivity index (χ4n) is 3.33. The predicted molar refractivity (Wildman–Crippen MR) is 117 cm³/mol. The van der Waals surface area contributed by atoms with Crippen molar-refractivity contribution in [1.29, 1.82) is 0 Å². The SMILES string of the molecule is CCC(NC(=O)C(C)N(c1ccc(C)cc1)S(C)(=O)=O)c1ccc(OC)c(C)c1. The Kier molecular flexibility index (Phi) is 7.30. The molecule has 2 atom stereocenters. The smallest absolute Gasteiger partial charge is 0.244 e. The van der Waals surface area contributed by atoms with Gasteiger partial charge in [-0.1, -0.05) is 36.8 Å². The first-order chi connectivity index (χ1) is 13.6. The maximum Gasteiger partial charge on any atom is 0.244 e. The van der Waals surface area contributed by atoms with Crippen LogP contribution in [0, 0.1) is 13.8 Å². The second kappa shape index (κ2) is 9.31. The number of hydrogen-bond donors (Lipinski definition) is 1. The standard InChI is InChI=1S/C22H30N2O4S/c1-7-20(18-10-13-21(28-5)16(3)14-18)23-22(25)17(4)24(29(6,26)27)19-11-8-15(2)9-12-19/h8-14,17,20H,7H2,1-6H3,(H,23,25). The fraction of sp³-hybridized carbons (Fsp3) is 0.409. The Morgan fingerprint density at radius 1 is 1.14 bits per heavy atom. The van der Waals surface area contributed by atoms with Gasteiger partial charge in [0.25, 0.3) is 0 Å². The minimum atomic E-state index is -3.64. The van der Waals surface area contributed by atoms with Crippen LogP contribution in [0.5, 0.6) is 5.75 Å². The molecule has 0 saturated carbocycles. The van der Waals surface area contributed by atoms with E-state index in [-0.39, 0.29) is 11.9 Å². The third kappa shape index (κ3) is 5.50. The van der Waals surface area contributed by atoms with Crippen molar-refractivity contribution in [1.82, 2.24) is 5.32 Å². The lowest BCUT2D eigenvalue weighted by molar-refractivity contribution is -0.122. The minimum Gasteiger partial charge on any atom is -0.496 e. The van der Waals surface area contributed by atoms with Gasteiger partial charge in [-0.2, -0.15) is 0 Å². The molecule has 2 rings (SSSR count). The van der Waals surface area contributed by atoms with E-state index in [0.717, 1.165) is 33.0 Å². The number of nitrogens with one attached hydrogen (secondary N) is 1. The summed E-state index contributed by atoms with van der Waals surface area (Å²) in [6.07, 6.45) is 1.79. The number of ether oxygens (including phenoxy) is 1. The molecule has 0 aliphatic carbocycles. The van der Waals surface area contributed by atoms with Gasteiger partial charge in [-0.05, 0) is 56.5 Å². The summed E-state index contributed by atoms with van der Waals surface area (Å²) in [5.74, 6) is 0.433. The third-order valence-electron chi connectivity index (χ3n) is 4.92. The molecule has 0 saturated heterocycles. The van der Waals surface area contributed by atoms with Crippen LogP contribution in [0.4, 0.5) is 5.69 Å². The van der Waals surface area contributed by atoms with E-state index in [1.54, 1.807) is 26.2 Å². The van der Waals surface area contributed by atoms with Crippen molar-refractivity contribution in [2.45, 2.75) is 46.2 Å². The first-order valence-electron chi connectivity index (χ1n) is 9.59. The fourth-order valence-corrected chi connectivity index (χ4v) is 4.51. The Balaban J connectivity index is 2.28. The zero-order chi connectivity index (χ0) is 21.8. The molecule has 0 aliphatic rings. The lowest BCUT2D eigenvalue weighted by Crippen LogP contribution is -2.48. The van der Waals surface area contributed by atoms with Crippen LogP contribution >= 0.6 is 0 Å². The molecule has 1 N–H and O–H groups in total. The molecule has 2 aromatic carbocycles. The molecule has 0 aromatic heterocycles. The van der Waals surface area contributed by atoms with Crippen LogP contribution in [-0.4, -0.2) is 33.7 Å². The summed E-state index contributed by atoms with van der Waals surface area (Å²) in [5, 5.41) is 3.00. The van der Waals surface area contributed by atoms with Crippen molar-refractivity contribution in [3.63, 3.8) is 0 Å². The van der Waals surface area contributed by atoms with Crippen molar-refractivity contribution < 1.29 is 17.9 Å². The summed E-state index contributed by atoms with van der Waals surface area (Å²) in [6.45, 7) is 7.45. The van der Waals surface area contributed by atoms with Crippen LogP contribution in [-0.2, 0) is 14.8 Å². The summed E-state index contributed by atoms with van der Waals surface area (Å²) >= 11 is 0. The summed E-state index contributed by atoms with van der Waals surface area (Å²) in [7, 11) is -2.02. The highest BCUT2D eigenvalue weighted by Gasteiger charge is 2.30. The molecule has 2 unspecified atom stereocenters. The summed E-state index contributed by atoms with van der Waals surface area (Å²) in [5.41, 5.74) is 3.41. The van der Waals surface area contributed by atoms with Crippen molar-refractivity contribution in [2.75, 3.05) is 17.7 Å². The van der Waals surface area contributed by atoms with Crippen LogP contribution in [0.1, 0.15) is 43.0 Å². The van der Waals surface area contributed by atoms with E-state index < -0.39 is 16.1 Å². The van der Waals surface area contributed by atoms with Gasteiger partial charge >= 0.3 is 0 Å². The summed E-state index contributed by atoms with van der Waals surface area (Å²) in [6, 6.07) is 11.7. The van der Waals surface area contributed by atoms with Crippen LogP contribution < -0.4 is 14.4 Å². The van der Waals surface area contributed by atoms with Crippen molar-refractivity contribution in [3.05, 3.63) is 59.2 Å². The normalized spacial score (nSPS) is 13.4. The number of hydrogen-bond acceptors (Lipinski definition) is 4. The quantitative estimate of drug-likeness (QED) is 0.709. The molecule has 29 heavy (non-hydrogen) atoms. The molecule has 158 valence electrons. The number of carbonyl (C=O) groups is 1. The Bertz CT molecular complexity index is 955. The van der Waals surface area contributed by atoms with Gasteiger partial charge in [0, 0.05) is 0 Å². The van der Waals surface area contributed by atoms with E-state index in [0.29, 0.717) is 12.1 Å². The number of nitrogens with zero attached hydrogens (tertiary/aromatic N) is 1. The monoisotopic (exact) mass is 418 g/mol. The van der Waals surface area contributed by atoms with Gasteiger partial charge in [0.2, 0.25) is 15.9 Å². The molecule has 6 nitrogen and oxygen atoms in total. The zero-order valence-corrected chi connectivity index (χ0v) is 18.7. The molecule has 0 radical (unpaired) electrons. The van der Waals surface area contributed by atoms with Crippen molar-refractivity contribution >= 4 is 21.6 Å². The highest BCUT2D eigenvalue weighted by Crippen LogP contribution is 2.26. The molecule has 7 heteroatoms. The summed E-state index contributed by atoms with van der Waals surface area (Å²) < 4.78 is 31.3. The van der Waals surface area contributed by atoms with Gasteiger partial charge in [-0.3, -0.25) is 9.10 Å². The third-order valence-corrected chi connectivity index (χ3v) is 6.16. The minimum absolute atomic E-state index is 0.228. The average Bonchev–Trinajstić information content (AvgIpc) is 2.66. The number of anilines is 1. The van der Waals surface area contributed by atoms with Gasteiger partial charge in [0.05, 0.1) is 25.1 Å². The first kappa shape index (κ1) is 22.7. The predicted octanol–water partition coefficient (Wildman–Crippen LogP) is 3.73. The van der Waals surface area contributed by atoms with Gasteiger partial charge in [0.15, 0.2) is 0 Å².